The first kappa shape index (κ1) is 93.4. The number of esters is 3. The molecule has 4 aromatic rings. The number of unbranched alkanes of at least 4 members (excludes halogenated alkanes) is 1. The van der Waals surface area contributed by atoms with E-state index in [1.54, 1.807) is 123 Å². The Labute approximate surface area is 682 Å². The number of carbonyl (C=O) groups is 9. The summed E-state index contributed by atoms with van der Waals surface area (Å²) in [6.45, 7) is 28.6. The zero-order valence-electron chi connectivity index (χ0n) is 71.7. The number of hydrogen-bond donors (Lipinski definition) is 1. The number of rotatable bonds is 21. The molecule has 30 heteroatoms. The second kappa shape index (κ2) is 40.1. The molecule has 24 atom stereocenters. The summed E-state index contributed by atoms with van der Waals surface area (Å²) < 4.78 is 85.5. The summed E-state index contributed by atoms with van der Waals surface area (Å²) in [5.74, 6) is -10.8. The van der Waals surface area contributed by atoms with E-state index in [1.165, 1.54) is 59.1 Å². The fraction of sp³-hybridized carbons (Fsp3) is 0.674. The number of nitrogens with zero attached hydrogens (tertiary/aromatic N) is 8. The molecule has 0 bridgehead atoms. The second-order valence-corrected chi connectivity index (χ2v) is 33.2. The molecule has 0 saturated carbocycles. The van der Waals surface area contributed by atoms with Gasteiger partial charge in [-0.15, -0.1) is 0 Å². The standard InChI is InChI=1S/C44H66FN5O10.C42H59N3O11/c1-12-33-44(13-2)38(50(42(55)60-44)19-15-14-18-49-23-31(47-24-49)30-16-17-34(45)46-22-30)27(5)35(51)25(3)21-43(8,56-11)39(28(6)36(52)29(7)40(54)58-33)59-41-37(53)32(48(9)10)20-26(4)57-41;1-12-32-42(13-2,56-40(50)45-20-19-43-24-45)23-26(4)33(46)25(3)22-41(8,51-11)36(28(6)34(47)29(7)37(48)53-32)55-39-35(31(44(9)10)21-27(5)52-39)54-38(49)30-17-15-14-16-18-30/h16-17,22-29,32-33,37-39,41,53H,12-15,18-21H2,1-11H3;14-20,23-25,27-29,31-32,35-36,39H,12-13,21-22H2,1-11H3/b;26-23+/t25-,26-,27+,28+,29-,32+,33-,37-,38-,39-,41?,43+,44-;25-,27-,28+,29-,31+,32-,35-,36-,39?,41+,42+/m11/s1. The number of hydrogen-bond acceptors (Lipinski definition) is 26. The third-order valence-electron chi connectivity index (χ3n) is 24.5. The molecule has 8 heterocycles. The molecule has 29 nitrogen and oxygen atoms in total. The van der Waals surface area contributed by atoms with Gasteiger partial charge in [-0.1, -0.05) is 80.5 Å². The number of aliphatic hydroxyl groups excluding tert-OH is 1. The largest absolute Gasteiger partial charge is 0.457 e. The van der Waals surface area contributed by atoms with Crippen molar-refractivity contribution in [3.05, 3.63) is 103 Å². The number of aromatic nitrogens is 5. The average Bonchev–Trinajstić information content (AvgIpc) is 1.56. The number of aryl methyl sites for hydroxylation is 1. The first-order valence-electron chi connectivity index (χ1n) is 40.8. The number of benzene rings is 1. The number of Topliss-reactive ketones (excluding diaryl/α,β-unsaturated/α-hetero) is 4. The molecular weight excluding hydrogens is 1500 g/mol. The van der Waals surface area contributed by atoms with Crippen LogP contribution in [0, 0.1) is 47.4 Å². The molecule has 1 amide bonds. The lowest BCUT2D eigenvalue weighted by Crippen LogP contribution is -2.61. The van der Waals surface area contributed by atoms with Crippen LogP contribution in [-0.2, 0) is 87.4 Å². The van der Waals surface area contributed by atoms with Crippen LogP contribution in [0.5, 0.6) is 0 Å². The summed E-state index contributed by atoms with van der Waals surface area (Å²) in [5.41, 5.74) is -3.60. The van der Waals surface area contributed by atoms with Crippen LogP contribution in [0.25, 0.3) is 11.3 Å². The maximum absolute atomic E-state index is 14.8. The summed E-state index contributed by atoms with van der Waals surface area (Å²) in [7, 11) is 10.4. The number of carbonyl (C=O) groups excluding carboxylic acids is 9. The predicted molar refractivity (Wildman–Crippen MR) is 424 cm³/mol. The maximum atomic E-state index is 14.8. The van der Waals surface area contributed by atoms with E-state index in [4.69, 9.17) is 52.1 Å². The molecule has 3 aromatic heterocycles. The number of cyclic esters (lactones) is 2. The predicted octanol–water partition coefficient (Wildman–Crippen LogP) is 11.3. The number of ether oxygens (including phenoxy) is 11. The molecule has 4 fully saturated rings. The fourth-order valence-electron chi connectivity index (χ4n) is 17.6. The van der Waals surface area contributed by atoms with Crippen LogP contribution in [0.1, 0.15) is 185 Å². The number of halogens is 1. The number of likely N-dealkylation sites (N-methyl/N-ethyl adjacent to an activating group) is 2. The average molecular weight is 1630 g/mol. The van der Waals surface area contributed by atoms with Gasteiger partial charge in [-0.05, 0) is 177 Å². The highest BCUT2D eigenvalue weighted by atomic mass is 19.1. The third kappa shape index (κ3) is 21.0. The van der Waals surface area contributed by atoms with Crippen molar-refractivity contribution in [2.24, 2.45) is 41.4 Å². The Kier molecular flexibility index (Phi) is 32.3. The van der Waals surface area contributed by atoms with E-state index in [1.807, 2.05) is 76.4 Å². The summed E-state index contributed by atoms with van der Waals surface area (Å²) in [4.78, 5) is 144. The molecule has 116 heavy (non-hydrogen) atoms. The number of methoxy groups -OCH3 is 2. The van der Waals surface area contributed by atoms with Gasteiger partial charge < -0.3 is 76.5 Å². The summed E-state index contributed by atoms with van der Waals surface area (Å²) in [6, 6.07) is 10.1. The smallest absolute Gasteiger partial charge is 0.420 e. The van der Waals surface area contributed by atoms with Gasteiger partial charge in [0, 0.05) is 93.3 Å². The van der Waals surface area contributed by atoms with Gasteiger partial charge in [0.2, 0.25) is 5.95 Å². The van der Waals surface area contributed by atoms with Gasteiger partial charge in [-0.2, -0.15) is 4.39 Å². The molecule has 1 aromatic carbocycles. The molecule has 9 rings (SSSR count). The number of fused-ring (bicyclic) bond motifs is 1. The van der Waals surface area contributed by atoms with Crippen LogP contribution >= 0.6 is 0 Å². The maximum Gasteiger partial charge on any atom is 0.420 e. The molecular formula is C86H125FN8O21. The van der Waals surface area contributed by atoms with E-state index in [2.05, 4.69) is 15.0 Å². The van der Waals surface area contributed by atoms with Crippen molar-refractivity contribution >= 4 is 53.2 Å². The van der Waals surface area contributed by atoms with Crippen molar-refractivity contribution in [3.63, 3.8) is 0 Å². The zero-order valence-corrected chi connectivity index (χ0v) is 71.7. The highest BCUT2D eigenvalue weighted by Gasteiger charge is 2.62. The summed E-state index contributed by atoms with van der Waals surface area (Å²) in [6.07, 6.45) is 3.49. The van der Waals surface area contributed by atoms with E-state index >= 15 is 0 Å². The molecule has 4 saturated heterocycles. The third-order valence-corrected chi connectivity index (χ3v) is 24.5. The van der Waals surface area contributed by atoms with Crippen molar-refractivity contribution < 1.29 is 105 Å². The highest BCUT2D eigenvalue weighted by molar-refractivity contribution is 6.01. The first-order chi connectivity index (χ1) is 54.7. The second-order valence-electron chi connectivity index (χ2n) is 33.2. The van der Waals surface area contributed by atoms with Gasteiger partial charge in [0.25, 0.3) is 0 Å². The molecule has 5 aliphatic heterocycles. The lowest BCUT2D eigenvalue weighted by Gasteiger charge is -2.47. The monoisotopic (exact) mass is 1620 g/mol. The number of amides is 1. The molecule has 0 radical (unpaired) electrons. The minimum absolute atomic E-state index is 0.0770. The van der Waals surface area contributed by atoms with Gasteiger partial charge in [0.05, 0.1) is 65.3 Å². The van der Waals surface area contributed by atoms with Crippen LogP contribution in [0.15, 0.2) is 91.6 Å². The van der Waals surface area contributed by atoms with Crippen LogP contribution in [0.3, 0.4) is 0 Å². The fourth-order valence-corrected chi connectivity index (χ4v) is 17.6. The molecule has 1 N–H and O–H groups in total. The topological polar surface area (TPSA) is 334 Å². The van der Waals surface area contributed by atoms with E-state index in [-0.39, 0.29) is 86.5 Å². The van der Waals surface area contributed by atoms with Gasteiger partial charge in [-0.25, -0.2) is 33.9 Å². The van der Waals surface area contributed by atoms with Crippen molar-refractivity contribution in [2.45, 2.75) is 283 Å². The number of ketones is 4. The minimum Gasteiger partial charge on any atom is -0.457 e. The van der Waals surface area contributed by atoms with Crippen LogP contribution in [0.2, 0.25) is 0 Å². The number of imidazole rings is 2. The number of pyridine rings is 1. The van der Waals surface area contributed by atoms with Gasteiger partial charge in [0.15, 0.2) is 47.2 Å². The van der Waals surface area contributed by atoms with Crippen molar-refractivity contribution in [2.75, 3.05) is 49.0 Å². The Bertz CT molecular complexity index is 4030. The lowest BCUT2D eigenvalue weighted by molar-refractivity contribution is -0.295. The van der Waals surface area contributed by atoms with E-state index < -0.39 is 167 Å². The van der Waals surface area contributed by atoms with Gasteiger partial charge >= 0.3 is 30.1 Å². The van der Waals surface area contributed by atoms with E-state index in [9.17, 15) is 52.6 Å². The Hall–Kier alpha value is -8.07. The summed E-state index contributed by atoms with van der Waals surface area (Å²) >= 11 is 0. The summed E-state index contributed by atoms with van der Waals surface area (Å²) in [5, 5.41) is 11.5. The first-order valence-corrected chi connectivity index (χ1v) is 40.8. The molecule has 0 aliphatic carbocycles. The van der Waals surface area contributed by atoms with Gasteiger partial charge in [0.1, 0.15) is 42.3 Å². The van der Waals surface area contributed by atoms with Crippen LogP contribution in [0.4, 0.5) is 14.0 Å². The Morgan fingerprint density at radius 2 is 1.23 bits per heavy atom. The van der Waals surface area contributed by atoms with Crippen molar-refractivity contribution in [1.29, 1.82) is 0 Å². The highest BCUT2D eigenvalue weighted by Crippen LogP contribution is 2.46. The number of allylic oxidation sites excluding steroid dienone is 1. The normalized spacial score (nSPS) is 35.2. The molecule has 0 spiro atoms. The quantitative estimate of drug-likeness (QED) is 0.0266. The lowest BCUT2D eigenvalue weighted by atomic mass is 9.72. The Morgan fingerprint density at radius 1 is 0.672 bits per heavy atom. The van der Waals surface area contributed by atoms with E-state index in [0.29, 0.717) is 49.0 Å². The molecule has 642 valence electrons. The van der Waals surface area contributed by atoms with Crippen LogP contribution in [-0.4, -0.2) is 248 Å². The SMILES string of the molecule is CC[C@H]1OC(=O)[C@H](C)C(=O)[C@H](C)[C@@H](OC2O[C@H](C)C[C@H](N(C)C)[C@H]2O)[C@@](C)(OC)C[C@@H](C)C(=O)[C@H](C)[C@H]2N(CCCCn3cnc(-c4ccc(F)nc4)c3)C(=O)O[C@]12CC.CC[C@H]1OC(=O)[C@H](C)C(=O)[C@H](C)[C@@H](OC2O[C@H](C)C[C@H](N(C)C)[C@H]2OC(=O)c2ccccc2)[C@@](C)(OC)C[C@@H](C)C(=O)/C(C)=C/[C@]1(CC)OC(=O)n1ccnc1. The van der Waals surface area contributed by atoms with Crippen molar-refractivity contribution in [3.8, 4) is 11.3 Å². The Balaban J connectivity index is 0.000000291. The van der Waals surface area contributed by atoms with Crippen LogP contribution < -0.4 is 0 Å². The van der Waals surface area contributed by atoms with Crippen molar-refractivity contribution in [1.82, 2.24) is 38.8 Å². The zero-order chi connectivity index (χ0) is 85.8. The molecule has 5 aliphatic rings. The van der Waals surface area contributed by atoms with E-state index in [0.717, 1.165) is 4.57 Å². The van der Waals surface area contributed by atoms with Gasteiger partial charge in [-0.3, -0.25) is 28.8 Å². The minimum atomic E-state index is -1.57. The number of aliphatic hydroxyl groups is 1. The molecule has 2 unspecified atom stereocenters. The Morgan fingerprint density at radius 3 is 1.77 bits per heavy atom.